The number of hydrogen-bond donors (Lipinski definition) is 0. The van der Waals surface area contributed by atoms with Gasteiger partial charge in [0, 0.05) is 113 Å². The van der Waals surface area contributed by atoms with E-state index in [4.69, 9.17) is 4.98 Å². The minimum atomic E-state index is -0.217. The fraction of sp³-hybridized carbons (Fsp3) is 0.0879. The van der Waals surface area contributed by atoms with Crippen LogP contribution in [0.1, 0.15) is 52.7 Å². The molecule has 7 heterocycles. The van der Waals surface area contributed by atoms with Gasteiger partial charge < -0.3 is 18.9 Å². The number of hydrogen-bond acceptors (Lipinski definition) is 5. The van der Waals surface area contributed by atoms with E-state index in [0.29, 0.717) is 0 Å². The lowest BCUT2D eigenvalue weighted by Gasteiger charge is -2.45. The van der Waals surface area contributed by atoms with Gasteiger partial charge in [0.15, 0.2) is 0 Å². The Labute approximate surface area is 583 Å². The fourth-order valence-corrected chi connectivity index (χ4v) is 19.0. The molecule has 0 radical (unpaired) electrons. The van der Waals surface area contributed by atoms with E-state index in [2.05, 4.69) is 340 Å². The summed E-state index contributed by atoms with van der Waals surface area (Å²) in [5.41, 5.74) is 26.5. The monoisotopic (exact) mass is 1300 g/mol. The topological polar surface area (TPSA) is 29.2 Å². The number of para-hydroxylation sites is 3. The summed E-state index contributed by atoms with van der Waals surface area (Å²) in [6.45, 7) is 13.8. The third-order valence-electron chi connectivity index (χ3n) is 21.3. The maximum atomic E-state index is 4.81. The van der Waals surface area contributed by atoms with Crippen LogP contribution in [-0.2, 0) is 10.8 Å². The van der Waals surface area contributed by atoms with Gasteiger partial charge in [-0.15, -0.1) is 22.7 Å². The van der Waals surface area contributed by atoms with Gasteiger partial charge in [0.05, 0.1) is 39.6 Å². The second-order valence-electron chi connectivity index (χ2n) is 29.0. The molecule has 8 heteroatoms. The van der Waals surface area contributed by atoms with Crippen LogP contribution in [-0.4, -0.2) is 20.8 Å². The molecule has 0 saturated carbocycles. The molecule has 0 aliphatic carbocycles. The zero-order valence-corrected chi connectivity index (χ0v) is 57.5. The Morgan fingerprint density at radius 3 is 1.33 bits per heavy atom. The molecule has 0 N–H and O–H groups in total. The number of rotatable bonds is 7. The first kappa shape index (κ1) is 57.9. The van der Waals surface area contributed by atoms with Gasteiger partial charge in [-0.25, -0.2) is 0 Å². The van der Waals surface area contributed by atoms with E-state index in [9.17, 15) is 0 Å². The molecule has 0 saturated heterocycles. The van der Waals surface area contributed by atoms with Crippen LogP contribution in [0.25, 0.3) is 129 Å². The summed E-state index contributed by atoms with van der Waals surface area (Å²) in [4.78, 5) is 10.2. The Kier molecular flexibility index (Phi) is 12.6. The van der Waals surface area contributed by atoms with E-state index in [1.165, 1.54) is 123 Å². The van der Waals surface area contributed by atoms with Crippen molar-refractivity contribution in [1.82, 2.24) is 14.1 Å². The van der Waals surface area contributed by atoms with Gasteiger partial charge in [0.25, 0.3) is 6.71 Å². The lowest BCUT2D eigenvalue weighted by molar-refractivity contribution is 0.590. The van der Waals surface area contributed by atoms with Gasteiger partial charge in [0.1, 0.15) is 0 Å². The molecule has 99 heavy (non-hydrogen) atoms. The molecule has 0 unspecified atom stereocenters. The molecule has 20 rings (SSSR count). The lowest BCUT2D eigenvalue weighted by Crippen LogP contribution is -2.61. The van der Waals surface area contributed by atoms with E-state index in [-0.39, 0.29) is 17.5 Å². The second-order valence-corrected chi connectivity index (χ2v) is 31.2. The third kappa shape index (κ3) is 8.75. The molecule has 0 bridgehead atoms. The van der Waals surface area contributed by atoms with Crippen LogP contribution in [0.15, 0.2) is 291 Å². The summed E-state index contributed by atoms with van der Waals surface area (Å²) >= 11 is 3.82. The van der Waals surface area contributed by atoms with Crippen molar-refractivity contribution in [3.8, 4) is 44.8 Å². The lowest BCUT2D eigenvalue weighted by atomic mass is 9.33. The Morgan fingerprint density at radius 2 is 0.788 bits per heavy atom. The Bertz CT molecular complexity index is 6020. The molecule has 0 fully saturated rings. The zero-order valence-electron chi connectivity index (χ0n) is 55.8. The van der Waals surface area contributed by atoms with Crippen LogP contribution in [0.3, 0.4) is 0 Å². The summed E-state index contributed by atoms with van der Waals surface area (Å²) in [6, 6.07) is 106. The summed E-state index contributed by atoms with van der Waals surface area (Å²) < 4.78 is 10.1. The van der Waals surface area contributed by atoms with E-state index >= 15 is 0 Å². The van der Waals surface area contributed by atoms with Gasteiger partial charge in [-0.2, -0.15) is 0 Å². The predicted molar refractivity (Wildman–Crippen MR) is 426 cm³/mol. The molecule has 0 amide bonds. The highest BCUT2D eigenvalue weighted by molar-refractivity contribution is 7.28. The van der Waals surface area contributed by atoms with E-state index < -0.39 is 0 Å². The number of thiophene rings is 2. The van der Waals surface area contributed by atoms with Gasteiger partial charge in [-0.3, -0.25) is 4.98 Å². The number of nitrogens with zero attached hydrogens (tertiary/aromatic N) is 5. The van der Waals surface area contributed by atoms with Crippen molar-refractivity contribution in [2.45, 2.75) is 52.4 Å². The standard InChI is InChI=1S/C91H66BN5S2/c1-90(2,3)58-36-42-76(69(50-58)55-22-9-7-10-23-55)96-78-52-60(94-73-32-17-13-26-63(73)64-27-14-18-33-74(64)94)38-40-71(78)92-72-41-39-61(95-75-34-19-15-28-65(75)66-46-47-93-54-82(66)95)53-79(72)97(77-43-37-59(91(4,5)6)51-70(77)56-24-11-8-12-25-56)81-49-57(48-80(96)88(81)92)62-30-21-31-68-87-85(99-89(62)68)45-44-84-86(87)67-29-16-20-35-83(67)98-84/h7-54H,1-6H3. The Hall–Kier alpha value is -11.3. The fourth-order valence-electron chi connectivity index (χ4n) is 16.6. The highest BCUT2D eigenvalue weighted by atomic mass is 32.1. The van der Waals surface area contributed by atoms with Crippen LogP contribution >= 0.6 is 22.7 Å². The molecule has 2 aliphatic rings. The first-order valence-corrected chi connectivity index (χ1v) is 36.1. The molecular formula is C91H66BN5S2. The number of pyridine rings is 1. The molecule has 0 atom stereocenters. The molecule has 2 aliphatic heterocycles. The van der Waals surface area contributed by atoms with Crippen molar-refractivity contribution in [1.29, 1.82) is 0 Å². The average Bonchev–Trinajstić information content (AvgIpc) is 0.760. The molecule has 5 nitrogen and oxygen atoms in total. The van der Waals surface area contributed by atoms with Crippen molar-refractivity contribution in [2.75, 3.05) is 9.80 Å². The Balaban J connectivity index is 0.956. The van der Waals surface area contributed by atoms with E-state index in [1.807, 2.05) is 35.1 Å². The third-order valence-corrected chi connectivity index (χ3v) is 23.6. The minimum absolute atomic E-state index is 0.128. The molecule has 470 valence electrons. The SMILES string of the molecule is CC(C)(C)c1ccc(N2c3cc(-n4c5ccccc5c5ccccc54)ccc3B3c4ccc(-n5c6ccccc6c6ccncc65)cc4N(c4ccc(C(C)(C)C)cc4-c4ccccc4)c4cc(-c5cccc6c5sc5ccc7sc8ccccc8c7c56)cc2c43)c(-c2ccccc2)c1. The number of fused-ring (bicyclic) bond motifs is 17. The first-order valence-electron chi connectivity index (χ1n) is 34.4. The maximum Gasteiger partial charge on any atom is 0.252 e. The van der Waals surface area contributed by atoms with Crippen molar-refractivity contribution in [3.05, 3.63) is 303 Å². The number of benzene rings is 13. The van der Waals surface area contributed by atoms with Crippen molar-refractivity contribution in [2.24, 2.45) is 0 Å². The molecule has 5 aromatic heterocycles. The summed E-state index contributed by atoms with van der Waals surface area (Å²) in [7, 11) is 0. The van der Waals surface area contributed by atoms with Crippen LogP contribution in [0.4, 0.5) is 34.1 Å². The molecule has 0 spiro atoms. The van der Waals surface area contributed by atoms with Crippen molar-refractivity contribution in [3.63, 3.8) is 0 Å². The number of aromatic nitrogens is 3. The number of anilines is 6. The quantitative estimate of drug-likeness (QED) is 0.149. The molecular weight excluding hydrogens is 1240 g/mol. The summed E-state index contributed by atoms with van der Waals surface area (Å²) in [5.74, 6) is 0. The van der Waals surface area contributed by atoms with Crippen molar-refractivity contribution < 1.29 is 0 Å². The van der Waals surface area contributed by atoms with Gasteiger partial charge in [-0.1, -0.05) is 217 Å². The maximum absolute atomic E-state index is 4.81. The zero-order chi connectivity index (χ0) is 66.2. The van der Waals surface area contributed by atoms with E-state index in [1.54, 1.807) is 0 Å². The highest BCUT2D eigenvalue weighted by Gasteiger charge is 2.45. The minimum Gasteiger partial charge on any atom is -0.311 e. The second kappa shape index (κ2) is 21.6. The van der Waals surface area contributed by atoms with Gasteiger partial charge in [0.2, 0.25) is 0 Å². The summed E-state index contributed by atoms with van der Waals surface area (Å²) in [6.07, 6.45) is 3.96. The van der Waals surface area contributed by atoms with E-state index in [0.717, 1.165) is 67.7 Å². The molecule has 18 aromatic rings. The van der Waals surface area contributed by atoms with Crippen LogP contribution in [0.2, 0.25) is 0 Å². The highest BCUT2D eigenvalue weighted by Crippen LogP contribution is 2.54. The smallest absolute Gasteiger partial charge is 0.252 e. The van der Waals surface area contributed by atoms with Crippen molar-refractivity contribution >= 4 is 164 Å². The molecule has 13 aromatic carbocycles. The normalized spacial score (nSPS) is 13.1. The van der Waals surface area contributed by atoms with Crippen LogP contribution in [0, 0.1) is 0 Å². The van der Waals surface area contributed by atoms with Gasteiger partial charge in [-0.05, 0) is 164 Å². The first-order chi connectivity index (χ1) is 48.4. The Morgan fingerprint density at radius 1 is 0.323 bits per heavy atom. The predicted octanol–water partition coefficient (Wildman–Crippen LogP) is 23.7. The summed E-state index contributed by atoms with van der Waals surface area (Å²) in [5, 5.41) is 10.1. The van der Waals surface area contributed by atoms with Gasteiger partial charge >= 0.3 is 0 Å². The average molecular weight is 1300 g/mol. The largest absolute Gasteiger partial charge is 0.311 e. The van der Waals surface area contributed by atoms with Crippen LogP contribution in [0.5, 0.6) is 0 Å². The van der Waals surface area contributed by atoms with Crippen LogP contribution < -0.4 is 26.2 Å².